The number of ether oxygens (including phenoxy) is 1. The van der Waals surface area contributed by atoms with Crippen LogP contribution < -0.4 is 4.74 Å². The fourth-order valence-corrected chi connectivity index (χ4v) is 1.78. The van der Waals surface area contributed by atoms with Crippen LogP contribution in [-0.4, -0.2) is 5.97 Å². The van der Waals surface area contributed by atoms with Gasteiger partial charge in [0.15, 0.2) is 11.6 Å². The molecule has 0 radical (unpaired) electrons. The maximum absolute atomic E-state index is 13.9. The van der Waals surface area contributed by atoms with Gasteiger partial charge in [-0.3, -0.25) is 4.79 Å². The molecule has 100 valence electrons. The molecule has 2 aromatic rings. The number of esters is 1. The van der Waals surface area contributed by atoms with Crippen molar-refractivity contribution < 1.29 is 18.3 Å². The van der Waals surface area contributed by atoms with E-state index in [1.54, 1.807) is 6.07 Å². The smallest absolute Gasteiger partial charge is 0.308 e. The lowest BCUT2D eigenvalue weighted by molar-refractivity contribution is -0.132. The van der Waals surface area contributed by atoms with E-state index in [0.717, 1.165) is 13.0 Å². The zero-order chi connectivity index (χ0) is 14.7. The Labute approximate surface area is 114 Å². The van der Waals surface area contributed by atoms with Crippen molar-refractivity contribution in [3.05, 3.63) is 53.6 Å². The first-order valence-corrected chi connectivity index (χ1v) is 5.69. The van der Waals surface area contributed by atoms with Crippen LogP contribution in [0, 0.1) is 23.0 Å². The highest BCUT2D eigenvalue weighted by molar-refractivity contribution is 5.77. The Hall–Kier alpha value is -2.74. The molecule has 0 spiro atoms. The average Bonchev–Trinajstić information content (AvgIpc) is 2.40. The third kappa shape index (κ3) is 2.81. The van der Waals surface area contributed by atoms with Gasteiger partial charge in [0.25, 0.3) is 0 Å². The lowest BCUT2D eigenvalue weighted by Gasteiger charge is -2.11. The summed E-state index contributed by atoms with van der Waals surface area (Å²) in [7, 11) is 0. The third-order valence-electron chi connectivity index (χ3n) is 2.55. The normalized spacial score (nSPS) is 9.90. The third-order valence-corrected chi connectivity index (χ3v) is 2.55. The zero-order valence-corrected chi connectivity index (χ0v) is 10.5. The monoisotopic (exact) mass is 273 g/mol. The molecule has 2 aromatic carbocycles. The molecule has 20 heavy (non-hydrogen) atoms. The lowest BCUT2D eigenvalue weighted by Crippen LogP contribution is -2.05. The van der Waals surface area contributed by atoms with Crippen molar-refractivity contribution in [2.45, 2.75) is 6.92 Å². The summed E-state index contributed by atoms with van der Waals surface area (Å²) in [4.78, 5) is 11.0. The maximum Gasteiger partial charge on any atom is 0.308 e. The SMILES string of the molecule is CC(=O)Oc1c(F)cc(C#N)cc1-c1cccc(F)c1. The van der Waals surface area contributed by atoms with Gasteiger partial charge in [-0.05, 0) is 29.8 Å². The van der Waals surface area contributed by atoms with E-state index < -0.39 is 17.6 Å². The minimum Gasteiger partial charge on any atom is -0.423 e. The molecule has 0 unspecified atom stereocenters. The Bertz CT molecular complexity index is 720. The van der Waals surface area contributed by atoms with E-state index in [-0.39, 0.29) is 16.9 Å². The second kappa shape index (κ2) is 5.49. The Balaban J connectivity index is 2.68. The predicted octanol–water partition coefficient (Wildman–Crippen LogP) is 3.43. The molecule has 0 aliphatic rings. The van der Waals surface area contributed by atoms with Gasteiger partial charge in [-0.2, -0.15) is 5.26 Å². The van der Waals surface area contributed by atoms with Gasteiger partial charge in [0.1, 0.15) is 5.82 Å². The predicted molar refractivity (Wildman–Crippen MR) is 67.8 cm³/mol. The Morgan fingerprint density at radius 3 is 2.60 bits per heavy atom. The fourth-order valence-electron chi connectivity index (χ4n) is 1.78. The van der Waals surface area contributed by atoms with Gasteiger partial charge in [0.2, 0.25) is 0 Å². The summed E-state index contributed by atoms with van der Waals surface area (Å²) in [6.45, 7) is 1.13. The van der Waals surface area contributed by atoms with Gasteiger partial charge in [0, 0.05) is 12.5 Å². The zero-order valence-electron chi connectivity index (χ0n) is 10.5. The van der Waals surface area contributed by atoms with Crippen LogP contribution in [0.3, 0.4) is 0 Å². The summed E-state index contributed by atoms with van der Waals surface area (Å²) in [6.07, 6.45) is 0. The molecule has 0 atom stereocenters. The van der Waals surface area contributed by atoms with Crippen molar-refractivity contribution in [2.24, 2.45) is 0 Å². The number of hydrogen-bond acceptors (Lipinski definition) is 3. The topological polar surface area (TPSA) is 50.1 Å². The number of benzene rings is 2. The van der Waals surface area contributed by atoms with Gasteiger partial charge in [-0.25, -0.2) is 8.78 Å². The number of nitrogens with zero attached hydrogens (tertiary/aromatic N) is 1. The number of carbonyl (C=O) groups excluding carboxylic acids is 1. The minimum atomic E-state index is -0.849. The van der Waals surface area contributed by atoms with E-state index in [0.29, 0.717) is 5.56 Å². The number of hydrogen-bond donors (Lipinski definition) is 0. The molecule has 0 fully saturated rings. The fraction of sp³-hybridized carbons (Fsp3) is 0.0667. The lowest BCUT2D eigenvalue weighted by atomic mass is 10.0. The van der Waals surface area contributed by atoms with Crippen molar-refractivity contribution in [2.75, 3.05) is 0 Å². The van der Waals surface area contributed by atoms with Gasteiger partial charge in [-0.15, -0.1) is 0 Å². The molecule has 0 aliphatic heterocycles. The van der Waals surface area contributed by atoms with E-state index in [9.17, 15) is 13.6 Å². The highest BCUT2D eigenvalue weighted by Crippen LogP contribution is 2.34. The largest absolute Gasteiger partial charge is 0.423 e. The number of halogens is 2. The van der Waals surface area contributed by atoms with Crippen LogP contribution >= 0.6 is 0 Å². The molecule has 2 rings (SSSR count). The summed E-state index contributed by atoms with van der Waals surface area (Å²) in [5.74, 6) is -2.38. The second-order valence-electron chi connectivity index (χ2n) is 4.05. The first-order valence-electron chi connectivity index (χ1n) is 5.69. The number of nitriles is 1. The van der Waals surface area contributed by atoms with Crippen LogP contribution in [0.15, 0.2) is 36.4 Å². The van der Waals surface area contributed by atoms with Crippen LogP contribution in [0.4, 0.5) is 8.78 Å². The van der Waals surface area contributed by atoms with Gasteiger partial charge in [-0.1, -0.05) is 12.1 Å². The molecular weight excluding hydrogens is 264 g/mol. The standard InChI is InChI=1S/C15H9F2NO2/c1-9(19)20-15-13(5-10(8-18)6-14(15)17)11-3-2-4-12(16)7-11/h2-7H,1H3. The van der Waals surface area contributed by atoms with Crippen LogP contribution in [0.25, 0.3) is 11.1 Å². The van der Waals surface area contributed by atoms with Crippen LogP contribution in [0.1, 0.15) is 12.5 Å². The Morgan fingerprint density at radius 1 is 1.25 bits per heavy atom. The molecule has 0 N–H and O–H groups in total. The molecular formula is C15H9F2NO2. The Morgan fingerprint density at radius 2 is 2.00 bits per heavy atom. The average molecular weight is 273 g/mol. The van der Waals surface area contributed by atoms with E-state index >= 15 is 0 Å². The summed E-state index contributed by atoms with van der Waals surface area (Å²) in [5.41, 5.74) is 0.520. The molecule has 0 heterocycles. The van der Waals surface area contributed by atoms with Crippen LogP contribution in [0.2, 0.25) is 0 Å². The molecule has 0 aliphatic carbocycles. The van der Waals surface area contributed by atoms with Crippen molar-refractivity contribution in [3.63, 3.8) is 0 Å². The van der Waals surface area contributed by atoms with Crippen molar-refractivity contribution in [3.8, 4) is 22.9 Å². The quantitative estimate of drug-likeness (QED) is 0.622. The van der Waals surface area contributed by atoms with Gasteiger partial charge in [0.05, 0.1) is 11.6 Å². The van der Waals surface area contributed by atoms with Gasteiger partial charge < -0.3 is 4.74 Å². The number of carbonyl (C=O) groups is 1. The van der Waals surface area contributed by atoms with Crippen molar-refractivity contribution in [1.82, 2.24) is 0 Å². The van der Waals surface area contributed by atoms with Gasteiger partial charge >= 0.3 is 5.97 Å². The summed E-state index contributed by atoms with van der Waals surface area (Å²) < 4.78 is 32.0. The highest BCUT2D eigenvalue weighted by atomic mass is 19.1. The Kier molecular flexibility index (Phi) is 3.76. The molecule has 0 saturated carbocycles. The van der Waals surface area contributed by atoms with Crippen molar-refractivity contribution >= 4 is 5.97 Å². The molecule has 5 heteroatoms. The van der Waals surface area contributed by atoms with Crippen molar-refractivity contribution in [1.29, 1.82) is 5.26 Å². The second-order valence-corrected chi connectivity index (χ2v) is 4.05. The van der Waals surface area contributed by atoms with Crippen LogP contribution in [-0.2, 0) is 4.79 Å². The summed E-state index contributed by atoms with van der Waals surface area (Å²) in [6, 6.07) is 9.48. The highest BCUT2D eigenvalue weighted by Gasteiger charge is 2.16. The molecule has 0 aromatic heterocycles. The summed E-state index contributed by atoms with van der Waals surface area (Å²) >= 11 is 0. The van der Waals surface area contributed by atoms with Crippen LogP contribution in [0.5, 0.6) is 5.75 Å². The number of rotatable bonds is 2. The van der Waals surface area contributed by atoms with E-state index in [1.165, 1.54) is 30.3 Å². The molecule has 0 saturated heterocycles. The summed E-state index contributed by atoms with van der Waals surface area (Å²) in [5, 5.41) is 8.86. The van der Waals surface area contributed by atoms with E-state index in [2.05, 4.69) is 0 Å². The first kappa shape index (κ1) is 13.7. The van der Waals surface area contributed by atoms with E-state index in [4.69, 9.17) is 10.00 Å². The first-order chi connectivity index (χ1) is 9.51. The molecule has 3 nitrogen and oxygen atoms in total. The minimum absolute atomic E-state index is 0.0534. The maximum atomic E-state index is 13.9. The molecule has 0 bridgehead atoms. The molecule has 0 amide bonds. The van der Waals surface area contributed by atoms with E-state index in [1.807, 2.05) is 0 Å².